The number of likely N-dealkylation sites (tertiary alicyclic amines) is 1. The van der Waals surface area contributed by atoms with Crippen molar-refractivity contribution in [2.24, 2.45) is 0 Å². The van der Waals surface area contributed by atoms with Crippen LogP contribution in [-0.2, 0) is 4.79 Å². The van der Waals surface area contributed by atoms with E-state index in [-0.39, 0.29) is 6.04 Å². The Hall–Kier alpha value is -2.79. The first kappa shape index (κ1) is 17.6. The number of nitrogens with zero attached hydrogens (tertiary/aromatic N) is 3. The number of pyridine rings is 2. The highest BCUT2D eigenvalue weighted by Gasteiger charge is 2.36. The van der Waals surface area contributed by atoms with E-state index in [0.717, 1.165) is 47.2 Å². The molecule has 0 aliphatic carbocycles. The van der Waals surface area contributed by atoms with E-state index in [0.29, 0.717) is 6.42 Å². The van der Waals surface area contributed by atoms with Crippen molar-refractivity contribution >= 4 is 16.9 Å². The predicted molar refractivity (Wildman–Crippen MR) is 105 cm³/mol. The summed E-state index contributed by atoms with van der Waals surface area (Å²) in [6, 6.07) is 15.3. The zero-order chi connectivity index (χ0) is 18.8. The number of carboxylic acid groups (broad SMARTS) is 1. The van der Waals surface area contributed by atoms with Crippen LogP contribution in [0, 0.1) is 6.92 Å². The molecule has 3 aromatic rings. The normalized spacial score (nSPS) is 19.1. The van der Waals surface area contributed by atoms with Gasteiger partial charge in [-0.05, 0) is 56.1 Å². The Kier molecular flexibility index (Phi) is 4.86. The third-order valence-electron chi connectivity index (χ3n) is 5.28. The molecule has 27 heavy (non-hydrogen) atoms. The summed E-state index contributed by atoms with van der Waals surface area (Å²) in [5.41, 5.74) is 3.72. The number of aliphatic carboxylic acids is 1. The van der Waals surface area contributed by atoms with Crippen LogP contribution in [0.2, 0.25) is 0 Å². The van der Waals surface area contributed by atoms with Gasteiger partial charge in [0.15, 0.2) is 0 Å². The fraction of sp³-hybridized carbons (Fsp3) is 0.318. The maximum absolute atomic E-state index is 11.9. The predicted octanol–water partition coefficient (Wildman–Crippen LogP) is 3.97. The number of hydrogen-bond donors (Lipinski definition) is 1. The summed E-state index contributed by atoms with van der Waals surface area (Å²) in [4.78, 5) is 23.4. The standard InChI is InChI=1S/C22H23N3O2/c1-15-7-6-10-19(24-15)21(25-12-5-4-11-20(25)22(26)27)17-13-16-8-2-3-9-18(16)23-14-17/h2-3,6-10,13-14,20-21H,4-5,11-12H2,1H3,(H,26,27). The molecule has 1 fully saturated rings. The van der Waals surface area contributed by atoms with E-state index in [2.05, 4.69) is 16.0 Å². The van der Waals surface area contributed by atoms with Crippen molar-refractivity contribution in [3.63, 3.8) is 0 Å². The third-order valence-corrected chi connectivity index (χ3v) is 5.28. The monoisotopic (exact) mass is 361 g/mol. The fourth-order valence-electron chi connectivity index (χ4n) is 4.01. The molecule has 2 atom stereocenters. The SMILES string of the molecule is Cc1cccc(C(c2cnc3ccccc3c2)N2CCCCC2C(=O)O)n1. The summed E-state index contributed by atoms with van der Waals surface area (Å²) < 4.78 is 0. The lowest BCUT2D eigenvalue weighted by atomic mass is 9.94. The largest absolute Gasteiger partial charge is 0.480 e. The van der Waals surface area contributed by atoms with Gasteiger partial charge < -0.3 is 5.11 Å². The number of carboxylic acids is 1. The van der Waals surface area contributed by atoms with Gasteiger partial charge in [0, 0.05) is 17.3 Å². The second-order valence-electron chi connectivity index (χ2n) is 7.16. The molecule has 5 nitrogen and oxygen atoms in total. The average Bonchev–Trinajstić information content (AvgIpc) is 2.68. The third kappa shape index (κ3) is 3.55. The summed E-state index contributed by atoms with van der Waals surface area (Å²) in [5.74, 6) is -0.763. The Morgan fingerprint density at radius 1 is 1.19 bits per heavy atom. The lowest BCUT2D eigenvalue weighted by molar-refractivity contribution is -0.145. The van der Waals surface area contributed by atoms with Crippen LogP contribution in [0.15, 0.2) is 54.7 Å². The molecule has 4 rings (SSSR count). The van der Waals surface area contributed by atoms with Crippen molar-refractivity contribution in [3.05, 3.63) is 71.7 Å². The highest BCUT2D eigenvalue weighted by molar-refractivity contribution is 5.79. The first-order chi connectivity index (χ1) is 13.1. The van der Waals surface area contributed by atoms with E-state index in [4.69, 9.17) is 4.98 Å². The van der Waals surface area contributed by atoms with Gasteiger partial charge in [0.1, 0.15) is 6.04 Å². The highest BCUT2D eigenvalue weighted by atomic mass is 16.4. The summed E-state index contributed by atoms with van der Waals surface area (Å²) in [5, 5.41) is 10.9. The molecule has 1 saturated heterocycles. The van der Waals surface area contributed by atoms with Crippen LogP contribution in [0.3, 0.4) is 0 Å². The van der Waals surface area contributed by atoms with Crippen molar-refractivity contribution in [1.82, 2.24) is 14.9 Å². The maximum Gasteiger partial charge on any atom is 0.320 e. The highest BCUT2D eigenvalue weighted by Crippen LogP contribution is 2.34. The van der Waals surface area contributed by atoms with Gasteiger partial charge in [-0.25, -0.2) is 0 Å². The van der Waals surface area contributed by atoms with E-state index in [9.17, 15) is 9.90 Å². The molecule has 0 saturated carbocycles. The quantitative estimate of drug-likeness (QED) is 0.762. The molecule has 138 valence electrons. The van der Waals surface area contributed by atoms with Gasteiger partial charge >= 0.3 is 5.97 Å². The molecule has 2 aromatic heterocycles. The fourth-order valence-corrected chi connectivity index (χ4v) is 4.01. The number of aryl methyl sites for hydroxylation is 1. The van der Waals surface area contributed by atoms with E-state index < -0.39 is 12.0 Å². The first-order valence-corrected chi connectivity index (χ1v) is 9.40. The van der Waals surface area contributed by atoms with Gasteiger partial charge in [0.05, 0.1) is 17.3 Å². The van der Waals surface area contributed by atoms with Gasteiger partial charge in [-0.3, -0.25) is 19.7 Å². The number of piperidine rings is 1. The molecule has 1 aliphatic rings. The van der Waals surface area contributed by atoms with Crippen LogP contribution in [-0.4, -0.2) is 38.5 Å². The van der Waals surface area contributed by atoms with Gasteiger partial charge in [0.2, 0.25) is 0 Å². The number of benzene rings is 1. The van der Waals surface area contributed by atoms with Crippen LogP contribution in [0.5, 0.6) is 0 Å². The number of fused-ring (bicyclic) bond motifs is 1. The van der Waals surface area contributed by atoms with Crippen LogP contribution in [0.4, 0.5) is 0 Å². The van der Waals surface area contributed by atoms with Crippen molar-refractivity contribution in [1.29, 1.82) is 0 Å². The van der Waals surface area contributed by atoms with Gasteiger partial charge in [-0.15, -0.1) is 0 Å². The first-order valence-electron chi connectivity index (χ1n) is 9.40. The number of aromatic nitrogens is 2. The van der Waals surface area contributed by atoms with Crippen molar-refractivity contribution in [3.8, 4) is 0 Å². The summed E-state index contributed by atoms with van der Waals surface area (Å²) in [6.07, 6.45) is 4.47. The van der Waals surface area contributed by atoms with E-state index in [1.54, 1.807) is 0 Å². The molecule has 1 N–H and O–H groups in total. The van der Waals surface area contributed by atoms with Crippen LogP contribution in [0.1, 0.15) is 42.3 Å². The summed E-state index contributed by atoms with van der Waals surface area (Å²) in [7, 11) is 0. The lowest BCUT2D eigenvalue weighted by Crippen LogP contribution is -2.47. The number of rotatable bonds is 4. The minimum absolute atomic E-state index is 0.219. The molecular formula is C22H23N3O2. The molecule has 0 radical (unpaired) electrons. The van der Waals surface area contributed by atoms with Gasteiger partial charge in [-0.2, -0.15) is 0 Å². The Labute approximate surface area is 158 Å². The Balaban J connectivity index is 1.85. The van der Waals surface area contributed by atoms with E-state index >= 15 is 0 Å². The molecule has 3 heterocycles. The molecule has 5 heteroatoms. The van der Waals surface area contributed by atoms with Crippen LogP contribution >= 0.6 is 0 Å². The van der Waals surface area contributed by atoms with E-state index in [1.807, 2.05) is 55.6 Å². The molecular weight excluding hydrogens is 338 g/mol. The molecule has 2 unspecified atom stereocenters. The molecule has 1 aliphatic heterocycles. The van der Waals surface area contributed by atoms with Gasteiger partial charge in [0.25, 0.3) is 0 Å². The minimum Gasteiger partial charge on any atom is -0.480 e. The Morgan fingerprint density at radius 3 is 2.85 bits per heavy atom. The van der Waals surface area contributed by atoms with Crippen molar-refractivity contribution in [2.75, 3.05) is 6.54 Å². The van der Waals surface area contributed by atoms with Crippen molar-refractivity contribution < 1.29 is 9.90 Å². The minimum atomic E-state index is -0.763. The Bertz CT molecular complexity index is 972. The number of hydrogen-bond acceptors (Lipinski definition) is 4. The molecule has 0 amide bonds. The van der Waals surface area contributed by atoms with E-state index in [1.165, 1.54) is 0 Å². The lowest BCUT2D eigenvalue weighted by Gasteiger charge is -2.39. The zero-order valence-corrected chi connectivity index (χ0v) is 15.4. The van der Waals surface area contributed by atoms with Crippen LogP contribution < -0.4 is 0 Å². The summed E-state index contributed by atoms with van der Waals surface area (Å²) in [6.45, 7) is 2.70. The van der Waals surface area contributed by atoms with Crippen LogP contribution in [0.25, 0.3) is 10.9 Å². The second kappa shape index (κ2) is 7.45. The average molecular weight is 361 g/mol. The second-order valence-corrected chi connectivity index (χ2v) is 7.16. The smallest absolute Gasteiger partial charge is 0.320 e. The maximum atomic E-state index is 11.9. The number of carbonyl (C=O) groups is 1. The molecule has 0 bridgehead atoms. The molecule has 1 aromatic carbocycles. The van der Waals surface area contributed by atoms with Gasteiger partial charge in [-0.1, -0.05) is 30.7 Å². The van der Waals surface area contributed by atoms with Crippen molar-refractivity contribution in [2.45, 2.75) is 38.3 Å². The topological polar surface area (TPSA) is 66.3 Å². The molecule has 0 spiro atoms. The zero-order valence-electron chi connectivity index (χ0n) is 15.4. The number of para-hydroxylation sites is 1. The summed E-state index contributed by atoms with van der Waals surface area (Å²) >= 11 is 0. The Morgan fingerprint density at radius 2 is 2.04 bits per heavy atom.